The molecule has 106 valence electrons. The van der Waals surface area contributed by atoms with Gasteiger partial charge < -0.3 is 10.1 Å². The molecule has 3 aromatic rings. The van der Waals surface area contributed by atoms with Crippen LogP contribution in [-0.4, -0.2) is 12.1 Å². The largest absolute Gasteiger partial charge is 0.495 e. The van der Waals surface area contributed by atoms with Crippen molar-refractivity contribution in [3.05, 3.63) is 58.7 Å². The van der Waals surface area contributed by atoms with E-state index in [4.69, 9.17) is 4.74 Å². The van der Waals surface area contributed by atoms with Crippen LogP contribution in [0.2, 0.25) is 0 Å². The summed E-state index contributed by atoms with van der Waals surface area (Å²) < 4.78 is 6.39. The van der Waals surface area contributed by atoms with Gasteiger partial charge in [0.15, 0.2) is 0 Å². The molecule has 1 N–H and O–H groups in total. The van der Waals surface area contributed by atoms with Crippen LogP contribution in [0.4, 0.5) is 11.4 Å². The SMILES string of the molecule is COc1ccccc1Nc1cc(C)nc2c(Br)cccc12. The quantitative estimate of drug-likeness (QED) is 0.722. The van der Waals surface area contributed by atoms with Crippen molar-refractivity contribution in [1.29, 1.82) is 0 Å². The van der Waals surface area contributed by atoms with Crippen molar-refractivity contribution in [2.45, 2.75) is 6.92 Å². The molecule has 0 aliphatic rings. The summed E-state index contributed by atoms with van der Waals surface area (Å²) in [5.74, 6) is 0.815. The molecule has 3 nitrogen and oxygen atoms in total. The van der Waals surface area contributed by atoms with E-state index in [2.05, 4.69) is 32.3 Å². The first-order valence-corrected chi connectivity index (χ1v) is 7.44. The Kier molecular flexibility index (Phi) is 3.80. The number of methoxy groups -OCH3 is 1. The van der Waals surface area contributed by atoms with E-state index in [1.165, 1.54) is 0 Å². The number of pyridine rings is 1. The monoisotopic (exact) mass is 342 g/mol. The summed E-state index contributed by atoms with van der Waals surface area (Å²) in [6.07, 6.45) is 0. The van der Waals surface area contributed by atoms with Gasteiger partial charge in [-0.2, -0.15) is 0 Å². The van der Waals surface area contributed by atoms with Crippen molar-refractivity contribution in [2.75, 3.05) is 12.4 Å². The van der Waals surface area contributed by atoms with Crippen LogP contribution in [0.25, 0.3) is 10.9 Å². The van der Waals surface area contributed by atoms with Gasteiger partial charge in [-0.15, -0.1) is 0 Å². The number of nitrogens with one attached hydrogen (secondary N) is 1. The molecule has 0 fully saturated rings. The summed E-state index contributed by atoms with van der Waals surface area (Å²) >= 11 is 3.56. The lowest BCUT2D eigenvalue weighted by atomic mass is 10.1. The van der Waals surface area contributed by atoms with E-state index in [-0.39, 0.29) is 0 Å². The molecule has 0 bridgehead atoms. The average molecular weight is 343 g/mol. The maximum absolute atomic E-state index is 5.40. The van der Waals surface area contributed by atoms with Crippen LogP contribution in [0, 0.1) is 6.92 Å². The van der Waals surface area contributed by atoms with Gasteiger partial charge in [-0.1, -0.05) is 24.3 Å². The Balaban J connectivity index is 2.14. The second kappa shape index (κ2) is 5.74. The molecule has 0 saturated carbocycles. The molecule has 0 amide bonds. The fraction of sp³-hybridized carbons (Fsp3) is 0.118. The Labute approximate surface area is 132 Å². The molecular weight excluding hydrogens is 328 g/mol. The van der Waals surface area contributed by atoms with Crippen molar-refractivity contribution in [1.82, 2.24) is 4.98 Å². The highest BCUT2D eigenvalue weighted by Crippen LogP contribution is 2.33. The van der Waals surface area contributed by atoms with E-state index in [1.54, 1.807) is 7.11 Å². The summed E-state index contributed by atoms with van der Waals surface area (Å²) in [6.45, 7) is 1.99. The molecule has 0 aliphatic carbocycles. The first-order valence-electron chi connectivity index (χ1n) is 6.65. The molecule has 1 heterocycles. The van der Waals surface area contributed by atoms with Crippen LogP contribution in [0.5, 0.6) is 5.75 Å². The number of para-hydroxylation sites is 3. The fourth-order valence-electron chi connectivity index (χ4n) is 2.34. The van der Waals surface area contributed by atoms with Crippen LogP contribution in [-0.2, 0) is 0 Å². The van der Waals surface area contributed by atoms with E-state index < -0.39 is 0 Å². The highest BCUT2D eigenvalue weighted by molar-refractivity contribution is 9.10. The van der Waals surface area contributed by atoms with Gasteiger partial charge in [-0.05, 0) is 47.1 Å². The standard InChI is InChI=1S/C17H15BrN2O/c1-11-10-15(12-6-5-7-13(18)17(12)19-11)20-14-8-3-4-9-16(14)21-2/h3-10H,1-2H3,(H,19,20). The van der Waals surface area contributed by atoms with E-state index in [0.29, 0.717) is 0 Å². The molecule has 4 heteroatoms. The maximum atomic E-state index is 5.40. The number of rotatable bonds is 3. The van der Waals surface area contributed by atoms with Crippen molar-refractivity contribution in [2.24, 2.45) is 0 Å². The number of aromatic nitrogens is 1. The minimum absolute atomic E-state index is 0.815. The van der Waals surface area contributed by atoms with Gasteiger partial charge in [0.1, 0.15) is 5.75 Å². The van der Waals surface area contributed by atoms with Crippen molar-refractivity contribution < 1.29 is 4.74 Å². The van der Waals surface area contributed by atoms with Gasteiger partial charge in [0.25, 0.3) is 0 Å². The molecule has 0 atom stereocenters. The zero-order valence-electron chi connectivity index (χ0n) is 11.9. The van der Waals surface area contributed by atoms with Gasteiger partial charge in [0, 0.05) is 21.2 Å². The molecular formula is C17H15BrN2O. The average Bonchev–Trinajstić information content (AvgIpc) is 2.49. The van der Waals surface area contributed by atoms with Crippen LogP contribution in [0.3, 0.4) is 0 Å². The fourth-order valence-corrected chi connectivity index (χ4v) is 2.79. The Hall–Kier alpha value is -2.07. The topological polar surface area (TPSA) is 34.1 Å². The van der Waals surface area contributed by atoms with Crippen LogP contribution in [0.15, 0.2) is 53.0 Å². The van der Waals surface area contributed by atoms with Crippen molar-refractivity contribution in [3.63, 3.8) is 0 Å². The summed E-state index contributed by atoms with van der Waals surface area (Å²) in [5, 5.41) is 4.52. The molecule has 1 aromatic heterocycles. The normalized spacial score (nSPS) is 10.6. The van der Waals surface area contributed by atoms with Crippen molar-refractivity contribution >= 4 is 38.2 Å². The Bertz CT molecular complexity index is 802. The number of ether oxygens (including phenoxy) is 1. The number of nitrogens with zero attached hydrogens (tertiary/aromatic N) is 1. The molecule has 21 heavy (non-hydrogen) atoms. The molecule has 0 unspecified atom stereocenters. The number of fused-ring (bicyclic) bond motifs is 1. The van der Waals surface area contributed by atoms with E-state index in [1.807, 2.05) is 49.4 Å². The zero-order valence-corrected chi connectivity index (χ0v) is 13.4. The molecule has 0 spiro atoms. The summed E-state index contributed by atoms with van der Waals surface area (Å²) in [4.78, 5) is 4.60. The molecule has 0 radical (unpaired) electrons. The Morgan fingerprint density at radius 2 is 1.86 bits per heavy atom. The Morgan fingerprint density at radius 1 is 1.05 bits per heavy atom. The molecule has 3 rings (SSSR count). The number of hydrogen-bond donors (Lipinski definition) is 1. The van der Waals surface area contributed by atoms with Crippen LogP contribution in [0.1, 0.15) is 5.69 Å². The molecule has 0 saturated heterocycles. The van der Waals surface area contributed by atoms with Crippen molar-refractivity contribution in [3.8, 4) is 5.75 Å². The smallest absolute Gasteiger partial charge is 0.142 e. The lowest BCUT2D eigenvalue weighted by molar-refractivity contribution is 0.417. The number of aryl methyl sites for hydroxylation is 1. The van der Waals surface area contributed by atoms with Crippen LogP contribution >= 0.6 is 15.9 Å². The highest BCUT2D eigenvalue weighted by atomic mass is 79.9. The number of benzene rings is 2. The predicted molar refractivity (Wildman–Crippen MR) is 90.5 cm³/mol. The summed E-state index contributed by atoms with van der Waals surface area (Å²) in [5.41, 5.74) is 3.87. The second-order valence-electron chi connectivity index (χ2n) is 4.77. The number of hydrogen-bond acceptors (Lipinski definition) is 3. The molecule has 2 aromatic carbocycles. The first-order chi connectivity index (χ1) is 10.2. The van der Waals surface area contributed by atoms with Gasteiger partial charge in [-0.25, -0.2) is 0 Å². The highest BCUT2D eigenvalue weighted by Gasteiger charge is 2.09. The van der Waals surface area contributed by atoms with Gasteiger partial charge in [-0.3, -0.25) is 4.98 Å². The zero-order chi connectivity index (χ0) is 14.8. The van der Waals surface area contributed by atoms with Gasteiger partial charge >= 0.3 is 0 Å². The van der Waals surface area contributed by atoms with E-state index >= 15 is 0 Å². The third-order valence-electron chi connectivity index (χ3n) is 3.29. The maximum Gasteiger partial charge on any atom is 0.142 e. The number of halogens is 1. The van der Waals surface area contributed by atoms with E-state index in [0.717, 1.165) is 38.2 Å². The van der Waals surface area contributed by atoms with Crippen LogP contribution < -0.4 is 10.1 Å². The predicted octanol–water partition coefficient (Wildman–Crippen LogP) is 5.06. The second-order valence-corrected chi connectivity index (χ2v) is 5.63. The summed E-state index contributed by atoms with van der Waals surface area (Å²) in [6, 6.07) is 16.0. The minimum atomic E-state index is 0.815. The minimum Gasteiger partial charge on any atom is -0.495 e. The lowest BCUT2D eigenvalue weighted by Gasteiger charge is -2.14. The van der Waals surface area contributed by atoms with Gasteiger partial charge in [0.2, 0.25) is 0 Å². The third-order valence-corrected chi connectivity index (χ3v) is 3.93. The van der Waals surface area contributed by atoms with E-state index in [9.17, 15) is 0 Å². The third kappa shape index (κ3) is 2.72. The lowest BCUT2D eigenvalue weighted by Crippen LogP contribution is -1.97. The number of anilines is 2. The van der Waals surface area contributed by atoms with Gasteiger partial charge in [0.05, 0.1) is 18.3 Å². The molecule has 0 aliphatic heterocycles. The summed E-state index contributed by atoms with van der Waals surface area (Å²) in [7, 11) is 1.67. The first kappa shape index (κ1) is 13.9. The Morgan fingerprint density at radius 3 is 2.67 bits per heavy atom.